The van der Waals surface area contributed by atoms with E-state index < -0.39 is 0 Å². The average molecular weight is 319 g/mol. The lowest BCUT2D eigenvalue weighted by atomic mass is 9.89. The number of hydrogen-bond acceptors (Lipinski definition) is 2. The Labute approximate surface area is 119 Å². The summed E-state index contributed by atoms with van der Waals surface area (Å²) in [7, 11) is 0. The molecule has 1 N–H and O–H groups in total. The van der Waals surface area contributed by atoms with Crippen LogP contribution in [-0.2, 0) is 0 Å². The molecule has 0 aliphatic heterocycles. The monoisotopic (exact) mass is 318 g/mol. The van der Waals surface area contributed by atoms with Crippen LogP contribution in [0.4, 0.5) is 0 Å². The molecule has 0 aromatic carbocycles. The number of H-pyrrole nitrogens is 1. The lowest BCUT2D eigenvalue weighted by molar-refractivity contribution is 0.428. The molecule has 3 heterocycles. The lowest BCUT2D eigenvalue weighted by Gasteiger charge is -2.20. The van der Waals surface area contributed by atoms with Gasteiger partial charge < -0.3 is 4.98 Å². The molecule has 4 nitrogen and oxygen atoms in total. The van der Waals surface area contributed by atoms with Crippen LogP contribution in [0.3, 0.4) is 0 Å². The summed E-state index contributed by atoms with van der Waals surface area (Å²) in [4.78, 5) is 12.4. The summed E-state index contributed by atoms with van der Waals surface area (Å²) in [5, 5.41) is 0. The minimum Gasteiger partial charge on any atom is -0.345 e. The zero-order valence-corrected chi connectivity index (χ0v) is 12.2. The summed E-state index contributed by atoms with van der Waals surface area (Å²) in [6, 6.07) is 2.08. The van der Waals surface area contributed by atoms with Gasteiger partial charge in [0.05, 0.1) is 17.2 Å². The van der Waals surface area contributed by atoms with Gasteiger partial charge in [-0.1, -0.05) is 19.3 Å². The van der Waals surface area contributed by atoms with Crippen molar-refractivity contribution < 1.29 is 0 Å². The SMILES string of the molecule is Brc1nc(C2CCCCC2)n2c1cnc1[nH]ccc12. The number of nitrogens with one attached hydrogen (secondary N) is 1. The molecule has 0 unspecified atom stereocenters. The molecule has 3 aromatic heterocycles. The molecule has 0 amide bonds. The van der Waals surface area contributed by atoms with Crippen LogP contribution in [0.2, 0.25) is 0 Å². The second-order valence-electron chi connectivity index (χ2n) is 5.29. The van der Waals surface area contributed by atoms with Gasteiger partial charge in [0.15, 0.2) is 5.65 Å². The molecule has 1 aliphatic rings. The van der Waals surface area contributed by atoms with Crippen molar-refractivity contribution in [2.24, 2.45) is 0 Å². The number of aromatic amines is 1. The molecule has 0 spiro atoms. The smallest absolute Gasteiger partial charge is 0.154 e. The Hall–Kier alpha value is -1.36. The van der Waals surface area contributed by atoms with Gasteiger partial charge in [-0.25, -0.2) is 9.97 Å². The number of fused-ring (bicyclic) bond motifs is 3. The maximum Gasteiger partial charge on any atom is 0.154 e. The van der Waals surface area contributed by atoms with E-state index in [1.807, 2.05) is 12.4 Å². The summed E-state index contributed by atoms with van der Waals surface area (Å²) >= 11 is 3.58. The van der Waals surface area contributed by atoms with Gasteiger partial charge in [0.25, 0.3) is 0 Å². The van der Waals surface area contributed by atoms with Crippen molar-refractivity contribution in [1.29, 1.82) is 0 Å². The molecular formula is C14H15BrN4. The van der Waals surface area contributed by atoms with Crippen LogP contribution in [0.5, 0.6) is 0 Å². The van der Waals surface area contributed by atoms with E-state index in [0.717, 1.165) is 21.3 Å². The Morgan fingerprint density at radius 1 is 1.21 bits per heavy atom. The van der Waals surface area contributed by atoms with Gasteiger partial charge >= 0.3 is 0 Å². The predicted molar refractivity (Wildman–Crippen MR) is 78.4 cm³/mol. The third-order valence-electron chi connectivity index (χ3n) is 4.13. The van der Waals surface area contributed by atoms with Crippen LogP contribution >= 0.6 is 15.9 Å². The van der Waals surface area contributed by atoms with Crippen molar-refractivity contribution >= 4 is 32.6 Å². The Balaban J connectivity index is 2.00. The zero-order valence-electron chi connectivity index (χ0n) is 10.6. The standard InChI is InChI=1S/C14H15BrN4/c15-12-11-8-17-13-10(6-7-16-13)19(11)14(18-12)9-4-2-1-3-5-9/h6-9,16H,1-5H2. The first-order chi connectivity index (χ1) is 9.34. The molecule has 5 heteroatoms. The topological polar surface area (TPSA) is 46.0 Å². The predicted octanol–water partition coefficient (Wildman–Crippen LogP) is 4.02. The Kier molecular flexibility index (Phi) is 2.62. The third-order valence-corrected chi connectivity index (χ3v) is 4.71. The molecule has 0 radical (unpaired) electrons. The summed E-state index contributed by atoms with van der Waals surface area (Å²) in [6.07, 6.45) is 10.3. The van der Waals surface area contributed by atoms with Crippen molar-refractivity contribution in [3.8, 4) is 0 Å². The van der Waals surface area contributed by atoms with Gasteiger partial charge in [-0.05, 0) is 34.8 Å². The van der Waals surface area contributed by atoms with E-state index in [1.54, 1.807) is 0 Å². The summed E-state index contributed by atoms with van der Waals surface area (Å²) in [5.41, 5.74) is 3.11. The highest BCUT2D eigenvalue weighted by Crippen LogP contribution is 2.35. The summed E-state index contributed by atoms with van der Waals surface area (Å²) in [6.45, 7) is 0. The molecule has 1 aliphatic carbocycles. The van der Waals surface area contributed by atoms with E-state index in [-0.39, 0.29) is 0 Å². The molecule has 0 bridgehead atoms. The molecule has 98 valence electrons. The first-order valence-corrected chi connectivity index (χ1v) is 7.64. The van der Waals surface area contributed by atoms with Crippen LogP contribution in [0, 0.1) is 0 Å². The van der Waals surface area contributed by atoms with Crippen LogP contribution in [0.25, 0.3) is 16.7 Å². The minimum absolute atomic E-state index is 0.577. The number of hydrogen-bond donors (Lipinski definition) is 1. The van der Waals surface area contributed by atoms with Gasteiger partial charge in [-0.15, -0.1) is 0 Å². The fourth-order valence-electron chi connectivity index (χ4n) is 3.18. The van der Waals surface area contributed by atoms with Crippen molar-refractivity contribution in [3.05, 3.63) is 28.9 Å². The van der Waals surface area contributed by atoms with Crippen LogP contribution in [-0.4, -0.2) is 19.4 Å². The van der Waals surface area contributed by atoms with Gasteiger partial charge in [-0.2, -0.15) is 0 Å². The normalized spacial score (nSPS) is 17.5. The molecule has 4 rings (SSSR count). The third kappa shape index (κ3) is 1.71. The number of imidazole rings is 1. The first kappa shape index (κ1) is 11.5. The highest BCUT2D eigenvalue weighted by Gasteiger charge is 2.23. The molecular weight excluding hydrogens is 304 g/mol. The maximum absolute atomic E-state index is 4.77. The number of rotatable bonds is 1. The Morgan fingerprint density at radius 3 is 2.89 bits per heavy atom. The van der Waals surface area contributed by atoms with Crippen molar-refractivity contribution in [1.82, 2.24) is 19.4 Å². The molecule has 19 heavy (non-hydrogen) atoms. The quantitative estimate of drug-likeness (QED) is 0.736. The summed E-state index contributed by atoms with van der Waals surface area (Å²) in [5.74, 6) is 1.77. The van der Waals surface area contributed by atoms with Crippen LogP contribution in [0.15, 0.2) is 23.1 Å². The number of halogens is 1. The maximum atomic E-state index is 4.77. The van der Waals surface area contributed by atoms with Crippen molar-refractivity contribution in [3.63, 3.8) is 0 Å². The molecule has 3 aromatic rings. The number of aromatic nitrogens is 4. The number of nitrogens with zero attached hydrogens (tertiary/aromatic N) is 3. The van der Waals surface area contributed by atoms with E-state index in [2.05, 4.69) is 36.4 Å². The zero-order chi connectivity index (χ0) is 12.8. The van der Waals surface area contributed by atoms with Gasteiger partial charge in [0.2, 0.25) is 0 Å². The van der Waals surface area contributed by atoms with E-state index in [9.17, 15) is 0 Å². The first-order valence-electron chi connectivity index (χ1n) is 6.84. The Bertz CT molecular complexity index is 736. The molecule has 1 saturated carbocycles. The molecule has 0 atom stereocenters. The average Bonchev–Trinajstić information content (AvgIpc) is 3.04. The lowest BCUT2D eigenvalue weighted by Crippen LogP contribution is -2.09. The fraction of sp³-hybridized carbons (Fsp3) is 0.429. The van der Waals surface area contributed by atoms with Crippen LogP contribution < -0.4 is 0 Å². The Morgan fingerprint density at radius 2 is 2.05 bits per heavy atom. The highest BCUT2D eigenvalue weighted by molar-refractivity contribution is 9.10. The van der Waals surface area contributed by atoms with E-state index in [1.165, 1.54) is 37.9 Å². The fourth-order valence-corrected chi connectivity index (χ4v) is 3.65. The second-order valence-corrected chi connectivity index (χ2v) is 6.04. The molecule has 0 saturated heterocycles. The second kappa shape index (κ2) is 4.34. The van der Waals surface area contributed by atoms with Crippen molar-refractivity contribution in [2.45, 2.75) is 38.0 Å². The van der Waals surface area contributed by atoms with E-state index >= 15 is 0 Å². The van der Waals surface area contributed by atoms with Gasteiger partial charge in [0.1, 0.15) is 10.4 Å². The highest BCUT2D eigenvalue weighted by atomic mass is 79.9. The van der Waals surface area contributed by atoms with E-state index in [4.69, 9.17) is 4.98 Å². The summed E-state index contributed by atoms with van der Waals surface area (Å²) < 4.78 is 3.17. The van der Waals surface area contributed by atoms with Crippen molar-refractivity contribution in [2.75, 3.05) is 0 Å². The molecule has 1 fully saturated rings. The van der Waals surface area contributed by atoms with Gasteiger partial charge in [-0.3, -0.25) is 4.40 Å². The minimum atomic E-state index is 0.577. The largest absolute Gasteiger partial charge is 0.345 e. The van der Waals surface area contributed by atoms with Gasteiger partial charge in [0, 0.05) is 12.1 Å². The van der Waals surface area contributed by atoms with E-state index in [0.29, 0.717) is 5.92 Å². The van der Waals surface area contributed by atoms with Crippen LogP contribution in [0.1, 0.15) is 43.8 Å².